The standard InChI is InChI=1S/C33H36N4O6.C6H12O6.C4H7N3O.CH4N2O/c1-7-20-19(6)32(42)37-27(20)14-25-18(5)23(10-12-31(40)41)29(35-25)15-28-22(9-11-30(38)39)17(4)24(34-28)13-26-16(3)21(8-2)33(43)36-26;7-1-3(9)5(11)6(12)4(10)2-8;1-7-2-3(8)6-4(7)5;2-1(3)4/h7-8,13-14,34-35H,1-2,9-12,15H2,3-6H3,(H,36,43)(H,37,42)(H,38,39)(H,40,41);1,3-6,8-12H,2H2;2H2,1H3,(H2,5,6,8);(H4,2,3,4)/b26-13-,27-14-;;;/t;3-,4+,5+,6+;;/m.0../s1. The molecule has 17 N–H and O–H groups in total. The topological polar surface area (TPSA) is 408 Å². The van der Waals surface area contributed by atoms with Crippen LogP contribution in [0.2, 0.25) is 0 Å². The lowest BCUT2D eigenvalue weighted by Crippen LogP contribution is -2.46. The fraction of sp³-hybridized carbons (Fsp3) is 0.364. The molecule has 3 aliphatic rings. The third-order valence-corrected chi connectivity index (χ3v) is 10.6. The van der Waals surface area contributed by atoms with Gasteiger partial charge in [0.15, 0.2) is 12.2 Å². The number of nitrogens with two attached hydrogens (primary N) is 2. The van der Waals surface area contributed by atoms with Crippen molar-refractivity contribution in [2.75, 3.05) is 20.2 Å². The highest BCUT2D eigenvalue weighted by Crippen LogP contribution is 2.31. The Balaban J connectivity index is 0.000000521. The van der Waals surface area contributed by atoms with Gasteiger partial charge in [-0.05, 0) is 80.5 Å². The molecule has 5 heterocycles. The molecule has 0 aromatic carbocycles. The van der Waals surface area contributed by atoms with Gasteiger partial charge in [-0.1, -0.05) is 25.3 Å². The zero-order chi connectivity index (χ0) is 51.0. The van der Waals surface area contributed by atoms with E-state index in [1.54, 1.807) is 24.9 Å². The molecule has 4 atom stereocenters. The number of carbonyl (C=O) groups is 7. The Kier molecular flexibility index (Phi) is 21.0. The largest absolute Gasteiger partial charge is 0.481 e. The van der Waals surface area contributed by atoms with Gasteiger partial charge in [0.25, 0.3) is 11.8 Å². The maximum Gasteiger partial charge on any atom is 0.309 e. The second-order valence-electron chi connectivity index (χ2n) is 15.2. The lowest BCUT2D eigenvalue weighted by Gasteiger charge is -2.22. The second kappa shape index (κ2) is 25.3. The van der Waals surface area contributed by atoms with Gasteiger partial charge in [-0.25, -0.2) is 4.79 Å². The third kappa shape index (κ3) is 15.3. The summed E-state index contributed by atoms with van der Waals surface area (Å²) in [5.41, 5.74) is 18.7. The van der Waals surface area contributed by atoms with Gasteiger partial charge < -0.3 is 77.5 Å². The Bertz CT molecular complexity index is 2400. The van der Waals surface area contributed by atoms with Gasteiger partial charge in [0.1, 0.15) is 24.4 Å². The number of allylic oxidation sites excluding steroid dienone is 2. The van der Waals surface area contributed by atoms with E-state index in [0.29, 0.717) is 41.1 Å². The maximum absolute atomic E-state index is 12.3. The molecule has 2 aromatic heterocycles. The summed E-state index contributed by atoms with van der Waals surface area (Å²) in [6.45, 7) is 14.5. The Morgan fingerprint density at radius 1 is 0.761 bits per heavy atom. The molecular weight excluding hydrogens is 879 g/mol. The van der Waals surface area contributed by atoms with Crippen LogP contribution in [0, 0.1) is 19.3 Å². The number of aliphatic hydroxyl groups is 5. The Labute approximate surface area is 384 Å². The van der Waals surface area contributed by atoms with E-state index < -0.39 is 49.0 Å². The zero-order valence-electron chi connectivity index (χ0n) is 37.7. The Morgan fingerprint density at radius 2 is 1.22 bits per heavy atom. The maximum atomic E-state index is 12.3. The summed E-state index contributed by atoms with van der Waals surface area (Å²) in [5.74, 6) is -2.19. The van der Waals surface area contributed by atoms with Crippen molar-refractivity contribution in [2.24, 2.45) is 11.5 Å². The Morgan fingerprint density at radius 3 is 1.58 bits per heavy atom. The first kappa shape index (κ1) is 55.7. The molecular formula is C44H59N9O14. The summed E-state index contributed by atoms with van der Waals surface area (Å²) in [4.78, 5) is 85.3. The number of likely N-dealkylation sites (N-methyl/N-ethyl adjacent to an activating group) is 1. The van der Waals surface area contributed by atoms with Crippen LogP contribution in [0.3, 0.4) is 0 Å². The number of urea groups is 1. The molecule has 23 heteroatoms. The van der Waals surface area contributed by atoms with Crippen LogP contribution < -0.4 is 27.4 Å². The van der Waals surface area contributed by atoms with E-state index in [4.69, 9.17) is 35.7 Å². The fourth-order valence-electron chi connectivity index (χ4n) is 6.79. The molecule has 0 radical (unpaired) electrons. The van der Waals surface area contributed by atoms with Gasteiger partial charge in [0.2, 0.25) is 5.91 Å². The minimum absolute atomic E-state index is 0.0258. The van der Waals surface area contributed by atoms with Crippen LogP contribution in [0.25, 0.3) is 12.2 Å². The zero-order valence-corrected chi connectivity index (χ0v) is 37.7. The lowest BCUT2D eigenvalue weighted by molar-refractivity contribution is -0.138. The summed E-state index contributed by atoms with van der Waals surface area (Å²) in [5, 5.41) is 77.4. The number of H-pyrrole nitrogens is 2. The smallest absolute Gasteiger partial charge is 0.309 e. The van der Waals surface area contributed by atoms with E-state index in [-0.39, 0.29) is 55.7 Å². The minimum Gasteiger partial charge on any atom is -0.481 e. The number of primary amides is 2. The molecule has 364 valence electrons. The average Bonchev–Trinajstić information content (AvgIpc) is 3.99. The lowest BCUT2D eigenvalue weighted by atomic mass is 9.98. The number of guanidine groups is 1. The molecule has 0 saturated carbocycles. The van der Waals surface area contributed by atoms with Crippen molar-refractivity contribution in [3.8, 4) is 0 Å². The van der Waals surface area contributed by atoms with Crippen LogP contribution in [-0.4, -0.2) is 143 Å². The van der Waals surface area contributed by atoms with Gasteiger partial charge >= 0.3 is 18.0 Å². The van der Waals surface area contributed by atoms with Crippen molar-refractivity contribution in [2.45, 2.75) is 84.2 Å². The van der Waals surface area contributed by atoms with Crippen molar-refractivity contribution < 1.29 is 69.3 Å². The first-order chi connectivity index (χ1) is 31.3. The van der Waals surface area contributed by atoms with Crippen LogP contribution in [0.15, 0.2) is 59.0 Å². The molecule has 0 aliphatic carbocycles. The number of carboxylic acids is 2. The van der Waals surface area contributed by atoms with Crippen LogP contribution in [-0.2, 0) is 48.0 Å². The minimum atomic E-state index is -1.79. The summed E-state index contributed by atoms with van der Waals surface area (Å²) >= 11 is 0. The van der Waals surface area contributed by atoms with E-state index in [0.717, 1.165) is 50.6 Å². The molecule has 5 amide bonds. The van der Waals surface area contributed by atoms with Crippen molar-refractivity contribution in [1.29, 1.82) is 5.41 Å². The molecule has 1 saturated heterocycles. The number of nitrogens with one attached hydrogen (secondary N) is 6. The number of aliphatic hydroxyl groups excluding tert-OH is 5. The molecule has 23 nitrogen and oxygen atoms in total. The predicted molar refractivity (Wildman–Crippen MR) is 243 cm³/mol. The summed E-state index contributed by atoms with van der Waals surface area (Å²) in [6.07, 6.45) is 0.745. The molecule has 3 aliphatic heterocycles. The van der Waals surface area contributed by atoms with Crippen LogP contribution in [0.5, 0.6) is 0 Å². The first-order valence-corrected chi connectivity index (χ1v) is 20.3. The highest BCUT2D eigenvalue weighted by atomic mass is 16.4. The van der Waals surface area contributed by atoms with Crippen LogP contribution in [0.1, 0.15) is 71.7 Å². The third-order valence-electron chi connectivity index (χ3n) is 10.6. The number of rotatable bonds is 17. The van der Waals surface area contributed by atoms with Crippen molar-refractivity contribution in [1.82, 2.24) is 30.8 Å². The molecule has 0 spiro atoms. The first-order valence-electron chi connectivity index (χ1n) is 20.3. The summed E-state index contributed by atoms with van der Waals surface area (Å²) in [7, 11) is 1.69. The van der Waals surface area contributed by atoms with E-state index in [9.17, 15) is 39.0 Å². The van der Waals surface area contributed by atoms with Gasteiger partial charge in [-0.3, -0.25) is 34.7 Å². The highest BCUT2D eigenvalue weighted by Gasteiger charge is 2.30. The number of hydrogen-bond donors (Lipinski definition) is 15. The Hall–Kier alpha value is -7.44. The number of hydrogen-bond acceptors (Lipinski definition) is 13. The van der Waals surface area contributed by atoms with E-state index in [1.165, 1.54) is 6.08 Å². The van der Waals surface area contributed by atoms with Crippen LogP contribution >= 0.6 is 0 Å². The SMILES string of the molecule is C=CC1=C(C)/C(=C/c2[nH]c(Cc3[nH]c(/C=C4\NC(=O)C(C)=C4C=C)c(C)c3CCC(=O)O)c(CCC(=O)O)c2C)NC1=O.CN1CC(=O)NC1=N.NC(N)=O.O=C[C@H](O)[C@@H](O)[C@H](O)[C@H](O)CO. The highest BCUT2D eigenvalue weighted by molar-refractivity contribution is 6.04. The summed E-state index contributed by atoms with van der Waals surface area (Å²) in [6, 6.07) is -0.833. The quantitative estimate of drug-likeness (QED) is 0.0860. The molecule has 2 aromatic rings. The second-order valence-corrected chi connectivity index (χ2v) is 15.2. The summed E-state index contributed by atoms with van der Waals surface area (Å²) < 4.78 is 0. The number of aldehydes is 1. The van der Waals surface area contributed by atoms with E-state index >= 15 is 0 Å². The molecule has 0 unspecified atom stereocenters. The fourth-order valence-corrected chi connectivity index (χ4v) is 6.79. The van der Waals surface area contributed by atoms with Gasteiger partial charge in [-0.2, -0.15) is 0 Å². The molecule has 5 rings (SSSR count). The number of aromatic nitrogens is 2. The van der Waals surface area contributed by atoms with Crippen molar-refractivity contribution >= 4 is 60.1 Å². The molecule has 0 bridgehead atoms. The monoisotopic (exact) mass is 937 g/mol. The number of nitrogens with zero attached hydrogens (tertiary/aromatic N) is 1. The number of carboxylic acid groups (broad SMARTS) is 2. The van der Waals surface area contributed by atoms with E-state index in [1.807, 2.05) is 32.9 Å². The van der Waals surface area contributed by atoms with Gasteiger partial charge in [-0.15, -0.1) is 0 Å². The van der Waals surface area contributed by atoms with Crippen molar-refractivity contribution in [3.63, 3.8) is 0 Å². The average molecular weight is 938 g/mol. The number of amides is 5. The van der Waals surface area contributed by atoms with Crippen LogP contribution in [0.4, 0.5) is 4.79 Å². The van der Waals surface area contributed by atoms with E-state index in [2.05, 4.69) is 50.5 Å². The number of carbonyl (C=O) groups excluding carboxylic acids is 5. The number of aromatic amines is 2. The van der Waals surface area contributed by atoms with Gasteiger partial charge in [0, 0.05) is 71.5 Å². The number of aliphatic carboxylic acids is 2. The molecule has 67 heavy (non-hydrogen) atoms. The molecule has 1 fully saturated rings. The predicted octanol–water partition coefficient (Wildman–Crippen LogP) is -0.841. The van der Waals surface area contributed by atoms with Gasteiger partial charge in [0.05, 0.1) is 18.8 Å². The van der Waals surface area contributed by atoms with Crippen molar-refractivity contribution in [3.05, 3.63) is 104 Å². The normalized spacial score (nSPS) is 17.3.